The molecule has 3 aromatic heterocycles. The first-order valence-electron chi connectivity index (χ1n) is 9.69. The molecule has 0 aliphatic carbocycles. The zero-order valence-corrected chi connectivity index (χ0v) is 16.5. The minimum Gasteiger partial charge on any atom is -0.338 e. The highest BCUT2D eigenvalue weighted by atomic mass is 16.2. The highest BCUT2D eigenvalue weighted by Gasteiger charge is 2.26. The predicted molar refractivity (Wildman–Crippen MR) is 109 cm³/mol. The second-order valence-corrected chi connectivity index (χ2v) is 7.26. The van der Waals surface area contributed by atoms with Crippen molar-refractivity contribution in [1.82, 2.24) is 29.8 Å². The summed E-state index contributed by atoms with van der Waals surface area (Å²) in [7, 11) is 0. The highest BCUT2D eigenvalue weighted by Crippen LogP contribution is 2.27. The van der Waals surface area contributed by atoms with Crippen LogP contribution in [0.15, 0.2) is 43.0 Å². The summed E-state index contributed by atoms with van der Waals surface area (Å²) in [6, 6.07) is 5.50. The Bertz CT molecular complexity index is 989. The summed E-state index contributed by atoms with van der Waals surface area (Å²) in [6.45, 7) is 5.22. The van der Waals surface area contributed by atoms with E-state index < -0.39 is 0 Å². The molecule has 4 rings (SSSR count). The Hall–Kier alpha value is -3.42. The van der Waals surface area contributed by atoms with Crippen LogP contribution in [0.5, 0.6) is 0 Å². The molecular weight excluding hydrogens is 366 g/mol. The first kappa shape index (κ1) is 18.9. The molecule has 1 amide bonds. The third-order valence-corrected chi connectivity index (χ3v) is 4.91. The molecule has 1 saturated heterocycles. The van der Waals surface area contributed by atoms with E-state index >= 15 is 0 Å². The fourth-order valence-corrected chi connectivity index (χ4v) is 3.61. The highest BCUT2D eigenvalue weighted by molar-refractivity contribution is 5.94. The monoisotopic (exact) mass is 389 g/mol. The van der Waals surface area contributed by atoms with Crippen LogP contribution in [-0.4, -0.2) is 48.8 Å². The number of amides is 1. The lowest BCUT2D eigenvalue weighted by atomic mass is 9.94. The van der Waals surface area contributed by atoms with Gasteiger partial charge in [0.1, 0.15) is 0 Å². The molecule has 0 saturated carbocycles. The Balaban J connectivity index is 1.49. The van der Waals surface area contributed by atoms with Gasteiger partial charge in [-0.25, -0.2) is 15.0 Å². The van der Waals surface area contributed by atoms with E-state index in [1.807, 2.05) is 24.8 Å². The number of carbonyl (C=O) groups excluding carboxylic acids is 1. The van der Waals surface area contributed by atoms with Gasteiger partial charge in [0.2, 0.25) is 5.95 Å². The minimum atomic E-state index is 0.00803. The van der Waals surface area contributed by atoms with Gasteiger partial charge in [-0.3, -0.25) is 14.8 Å². The summed E-state index contributed by atoms with van der Waals surface area (Å²) in [5.74, 6) is 1.25. The number of nitrogens with zero attached hydrogens (tertiary/aromatic N) is 6. The molecule has 0 bridgehead atoms. The van der Waals surface area contributed by atoms with Gasteiger partial charge in [-0.2, -0.15) is 0 Å². The van der Waals surface area contributed by atoms with Gasteiger partial charge in [0.25, 0.3) is 5.91 Å². The molecule has 8 heteroatoms. The van der Waals surface area contributed by atoms with E-state index in [4.69, 9.17) is 4.98 Å². The third kappa shape index (κ3) is 4.53. The summed E-state index contributed by atoms with van der Waals surface area (Å²) in [4.78, 5) is 36.5. The van der Waals surface area contributed by atoms with Gasteiger partial charge in [0, 0.05) is 49.0 Å². The lowest BCUT2D eigenvalue weighted by Crippen LogP contribution is -2.39. The van der Waals surface area contributed by atoms with Gasteiger partial charge in [-0.05, 0) is 44.9 Å². The maximum atomic E-state index is 12.8. The van der Waals surface area contributed by atoms with Crippen LogP contribution in [0.2, 0.25) is 0 Å². The fourth-order valence-electron chi connectivity index (χ4n) is 3.61. The average Bonchev–Trinajstić information content (AvgIpc) is 2.73. The molecule has 29 heavy (non-hydrogen) atoms. The number of aromatic nitrogens is 5. The number of pyridine rings is 1. The Morgan fingerprint density at radius 3 is 2.69 bits per heavy atom. The number of rotatable bonds is 4. The van der Waals surface area contributed by atoms with Gasteiger partial charge in [0.05, 0.1) is 17.5 Å². The van der Waals surface area contributed by atoms with E-state index in [9.17, 15) is 4.79 Å². The van der Waals surface area contributed by atoms with E-state index in [0.717, 1.165) is 36.5 Å². The molecule has 0 aromatic carbocycles. The first-order chi connectivity index (χ1) is 14.1. The number of carbonyl (C=O) groups is 1. The lowest BCUT2D eigenvalue weighted by Gasteiger charge is -2.32. The van der Waals surface area contributed by atoms with Crippen molar-refractivity contribution in [2.24, 2.45) is 0 Å². The number of hydrogen-bond acceptors (Lipinski definition) is 7. The molecule has 1 aliphatic heterocycles. The van der Waals surface area contributed by atoms with Crippen molar-refractivity contribution in [1.29, 1.82) is 0 Å². The smallest absolute Gasteiger partial charge is 0.255 e. The van der Waals surface area contributed by atoms with Crippen molar-refractivity contribution in [2.75, 3.05) is 18.4 Å². The van der Waals surface area contributed by atoms with E-state index in [1.54, 1.807) is 36.9 Å². The standard InChI is InChI=1S/C21H23N7O/c1-14-9-15(2)25-21(24-14)27-19-12-23-11-18(26-19)17-6-4-8-28(13-17)20(29)16-5-3-7-22-10-16/h3,5,7,9-12,17H,4,6,8,13H2,1-2H3,(H,24,25,26,27)/t17-/m1/s1. The minimum absolute atomic E-state index is 0.00803. The van der Waals surface area contributed by atoms with Crippen LogP contribution in [0, 0.1) is 13.8 Å². The summed E-state index contributed by atoms with van der Waals surface area (Å²) in [5.41, 5.74) is 3.26. The number of hydrogen-bond donors (Lipinski definition) is 1. The van der Waals surface area contributed by atoms with E-state index in [-0.39, 0.29) is 11.8 Å². The zero-order chi connectivity index (χ0) is 20.2. The number of aryl methyl sites for hydroxylation is 2. The van der Waals surface area contributed by atoms with Gasteiger partial charge in [-0.1, -0.05) is 0 Å². The average molecular weight is 389 g/mol. The molecule has 1 N–H and O–H groups in total. The summed E-state index contributed by atoms with van der Waals surface area (Å²) < 4.78 is 0. The molecule has 3 aromatic rings. The van der Waals surface area contributed by atoms with Crippen LogP contribution in [0.1, 0.15) is 46.2 Å². The Kier molecular flexibility index (Phi) is 5.41. The largest absolute Gasteiger partial charge is 0.338 e. The molecule has 0 radical (unpaired) electrons. The Labute approximate surface area is 169 Å². The molecule has 148 valence electrons. The topological polar surface area (TPSA) is 96.8 Å². The van der Waals surface area contributed by atoms with Crippen LogP contribution >= 0.6 is 0 Å². The van der Waals surface area contributed by atoms with Crippen LogP contribution in [0.4, 0.5) is 11.8 Å². The molecule has 4 heterocycles. The summed E-state index contributed by atoms with van der Waals surface area (Å²) in [6.07, 6.45) is 8.61. The van der Waals surface area contributed by atoms with Crippen molar-refractivity contribution >= 4 is 17.7 Å². The number of likely N-dealkylation sites (tertiary alicyclic amines) is 1. The number of piperidine rings is 1. The van der Waals surface area contributed by atoms with Crippen LogP contribution in [0.3, 0.4) is 0 Å². The molecule has 8 nitrogen and oxygen atoms in total. The fraction of sp³-hybridized carbons (Fsp3) is 0.333. The molecule has 0 unspecified atom stereocenters. The molecule has 0 spiro atoms. The summed E-state index contributed by atoms with van der Waals surface area (Å²) in [5, 5.41) is 3.14. The van der Waals surface area contributed by atoms with Crippen molar-refractivity contribution in [2.45, 2.75) is 32.6 Å². The lowest BCUT2D eigenvalue weighted by molar-refractivity contribution is 0.0705. The second-order valence-electron chi connectivity index (χ2n) is 7.26. The number of nitrogens with one attached hydrogen (secondary N) is 1. The maximum absolute atomic E-state index is 12.8. The van der Waals surface area contributed by atoms with Crippen molar-refractivity contribution in [3.8, 4) is 0 Å². The van der Waals surface area contributed by atoms with Crippen LogP contribution in [-0.2, 0) is 0 Å². The van der Waals surface area contributed by atoms with Crippen molar-refractivity contribution < 1.29 is 4.79 Å². The van der Waals surface area contributed by atoms with Crippen molar-refractivity contribution in [3.05, 3.63) is 65.6 Å². The van der Waals surface area contributed by atoms with Crippen LogP contribution < -0.4 is 5.32 Å². The summed E-state index contributed by atoms with van der Waals surface area (Å²) >= 11 is 0. The quantitative estimate of drug-likeness (QED) is 0.732. The maximum Gasteiger partial charge on any atom is 0.255 e. The normalized spacial score (nSPS) is 16.5. The van der Waals surface area contributed by atoms with Crippen LogP contribution in [0.25, 0.3) is 0 Å². The predicted octanol–water partition coefficient (Wildman–Crippen LogP) is 3.04. The van der Waals surface area contributed by atoms with E-state index in [2.05, 4.69) is 25.3 Å². The van der Waals surface area contributed by atoms with Gasteiger partial charge < -0.3 is 10.2 Å². The molecule has 1 aliphatic rings. The SMILES string of the molecule is Cc1cc(C)nc(Nc2cncc([C@@H]3CCCN(C(=O)c4cccnc4)C3)n2)n1. The van der Waals surface area contributed by atoms with Gasteiger partial charge in [0.15, 0.2) is 5.82 Å². The Morgan fingerprint density at radius 1 is 1.10 bits per heavy atom. The van der Waals surface area contributed by atoms with E-state index in [1.165, 1.54) is 0 Å². The van der Waals surface area contributed by atoms with Gasteiger partial charge >= 0.3 is 0 Å². The van der Waals surface area contributed by atoms with Crippen molar-refractivity contribution in [3.63, 3.8) is 0 Å². The molecule has 1 atom stereocenters. The third-order valence-electron chi connectivity index (χ3n) is 4.91. The molecular formula is C21H23N7O. The second kappa shape index (κ2) is 8.30. The van der Waals surface area contributed by atoms with E-state index in [0.29, 0.717) is 23.9 Å². The zero-order valence-electron chi connectivity index (χ0n) is 16.5. The number of anilines is 2. The first-order valence-corrected chi connectivity index (χ1v) is 9.69. The Morgan fingerprint density at radius 2 is 1.93 bits per heavy atom. The van der Waals surface area contributed by atoms with Gasteiger partial charge in [-0.15, -0.1) is 0 Å². The molecule has 1 fully saturated rings.